The number of nitrogens with one attached hydrogen (secondary N) is 1. The van der Waals surface area contributed by atoms with E-state index in [9.17, 15) is 18.0 Å². The summed E-state index contributed by atoms with van der Waals surface area (Å²) in [5.74, 6) is 0.219. The Hall–Kier alpha value is -2.34. The van der Waals surface area contributed by atoms with Crippen LogP contribution in [-0.2, 0) is 30.4 Å². The number of hydrogen-bond donors (Lipinski definition) is 1. The predicted octanol–water partition coefficient (Wildman–Crippen LogP) is 4.84. The molecule has 1 saturated heterocycles. The Bertz CT molecular complexity index is 842. The van der Waals surface area contributed by atoms with Crippen LogP contribution in [0.25, 0.3) is 0 Å². The minimum atomic E-state index is -4.30. The summed E-state index contributed by atoms with van der Waals surface area (Å²) in [5.41, 5.74) is 2.38. The lowest BCUT2D eigenvalue weighted by molar-refractivity contribution is -0.137. The lowest BCUT2D eigenvalue weighted by Gasteiger charge is -2.38. The van der Waals surface area contributed by atoms with Crippen LogP contribution in [0.4, 0.5) is 13.2 Å². The summed E-state index contributed by atoms with van der Waals surface area (Å²) >= 11 is 0. The summed E-state index contributed by atoms with van der Waals surface area (Å²) in [6.07, 6.45) is -2.10. The van der Waals surface area contributed by atoms with Crippen molar-refractivity contribution in [3.05, 3.63) is 70.8 Å². The highest BCUT2D eigenvalue weighted by Gasteiger charge is 2.32. The Kier molecular flexibility index (Phi) is 7.19. The number of carbonyl (C=O) groups excluding carboxylic acids is 1. The van der Waals surface area contributed by atoms with Crippen LogP contribution in [0, 0.1) is 5.92 Å². The largest absolute Gasteiger partial charge is 0.416 e. The van der Waals surface area contributed by atoms with Gasteiger partial charge in [-0.3, -0.25) is 9.69 Å². The molecule has 0 aliphatic carbocycles. The number of alkyl halides is 3. The van der Waals surface area contributed by atoms with Gasteiger partial charge >= 0.3 is 6.18 Å². The molecule has 3 rings (SSSR count). The number of rotatable bonds is 8. The lowest BCUT2D eigenvalue weighted by Crippen LogP contribution is -2.54. The highest BCUT2D eigenvalue weighted by molar-refractivity contribution is 5.80. The third-order valence-corrected chi connectivity index (χ3v) is 5.71. The molecule has 0 spiro atoms. The van der Waals surface area contributed by atoms with Gasteiger partial charge in [0, 0.05) is 25.7 Å². The maximum Gasteiger partial charge on any atom is 0.416 e. The molecule has 0 radical (unpaired) electrons. The molecule has 1 aliphatic heterocycles. The molecule has 2 aromatic carbocycles. The van der Waals surface area contributed by atoms with Crippen molar-refractivity contribution in [2.75, 3.05) is 13.1 Å². The first-order valence-corrected chi connectivity index (χ1v) is 10.5. The number of likely N-dealkylation sites (tertiary alicyclic amines) is 1. The molecule has 0 bridgehead atoms. The first kappa shape index (κ1) is 22.3. The van der Waals surface area contributed by atoms with Crippen LogP contribution in [0.1, 0.15) is 42.5 Å². The van der Waals surface area contributed by atoms with E-state index in [-0.39, 0.29) is 17.9 Å². The standard InChI is InChI=1S/C24H29F3N2O/c1-3-17(2)28-23(30)21-15-29(16-21)14-20-11-8-18(9-12-20)7-10-19-5-4-6-22(13-19)24(25,26)27/h4-6,8-9,11-13,17,21H,3,7,10,14-16H2,1-2H3,(H,28,30)/t17-/m0/s1. The van der Waals surface area contributed by atoms with E-state index in [2.05, 4.69) is 29.3 Å². The SMILES string of the molecule is CC[C@H](C)NC(=O)C1CN(Cc2ccc(CCc3cccc(C(F)(F)F)c3)cc2)C1. The second-order valence-corrected chi connectivity index (χ2v) is 8.22. The Morgan fingerprint density at radius 3 is 2.33 bits per heavy atom. The van der Waals surface area contributed by atoms with Gasteiger partial charge in [-0.15, -0.1) is 0 Å². The first-order chi connectivity index (χ1) is 14.2. The summed E-state index contributed by atoms with van der Waals surface area (Å²) in [7, 11) is 0. The van der Waals surface area contributed by atoms with E-state index in [1.54, 1.807) is 6.07 Å². The first-order valence-electron chi connectivity index (χ1n) is 10.5. The van der Waals surface area contributed by atoms with Gasteiger partial charge in [0.2, 0.25) is 5.91 Å². The van der Waals surface area contributed by atoms with Gasteiger partial charge < -0.3 is 5.32 Å². The minimum Gasteiger partial charge on any atom is -0.353 e. The molecule has 1 atom stereocenters. The van der Waals surface area contributed by atoms with E-state index in [0.29, 0.717) is 18.4 Å². The quantitative estimate of drug-likeness (QED) is 0.666. The van der Waals surface area contributed by atoms with Crippen molar-refractivity contribution in [3.8, 4) is 0 Å². The summed E-state index contributed by atoms with van der Waals surface area (Å²) in [4.78, 5) is 14.4. The molecular weight excluding hydrogens is 389 g/mol. The molecule has 162 valence electrons. The van der Waals surface area contributed by atoms with Gasteiger partial charge in [0.15, 0.2) is 0 Å². The molecule has 0 aromatic heterocycles. The van der Waals surface area contributed by atoms with Crippen LogP contribution in [0.2, 0.25) is 0 Å². The van der Waals surface area contributed by atoms with Gasteiger partial charge in [-0.2, -0.15) is 13.2 Å². The van der Waals surface area contributed by atoms with Crippen molar-refractivity contribution in [2.24, 2.45) is 5.92 Å². The van der Waals surface area contributed by atoms with E-state index in [1.807, 2.05) is 19.1 Å². The van der Waals surface area contributed by atoms with Gasteiger partial charge in [0.05, 0.1) is 11.5 Å². The van der Waals surface area contributed by atoms with Crippen LogP contribution in [0.15, 0.2) is 48.5 Å². The fourth-order valence-corrected chi connectivity index (χ4v) is 3.59. The second kappa shape index (κ2) is 9.65. The number of aryl methyl sites for hydroxylation is 2. The molecule has 1 N–H and O–H groups in total. The maximum atomic E-state index is 12.8. The van der Waals surface area contributed by atoms with Crippen LogP contribution < -0.4 is 5.32 Å². The van der Waals surface area contributed by atoms with Crippen molar-refractivity contribution in [2.45, 2.75) is 51.9 Å². The summed E-state index contributed by atoms with van der Waals surface area (Å²) in [6.45, 7) is 6.43. The molecule has 3 nitrogen and oxygen atoms in total. The second-order valence-electron chi connectivity index (χ2n) is 8.22. The van der Waals surface area contributed by atoms with Crippen molar-refractivity contribution in [1.82, 2.24) is 10.2 Å². The van der Waals surface area contributed by atoms with E-state index < -0.39 is 11.7 Å². The number of hydrogen-bond acceptors (Lipinski definition) is 2. The van der Waals surface area contributed by atoms with Crippen LogP contribution >= 0.6 is 0 Å². The van der Waals surface area contributed by atoms with Gasteiger partial charge in [0.25, 0.3) is 0 Å². The van der Waals surface area contributed by atoms with Crippen LogP contribution in [0.5, 0.6) is 0 Å². The normalized spacial score (nSPS) is 16.2. The van der Waals surface area contributed by atoms with Gasteiger partial charge in [-0.1, -0.05) is 49.4 Å². The Labute approximate surface area is 176 Å². The van der Waals surface area contributed by atoms with E-state index in [0.717, 1.165) is 37.7 Å². The zero-order valence-corrected chi connectivity index (χ0v) is 17.5. The maximum absolute atomic E-state index is 12.8. The molecule has 1 aliphatic rings. The summed E-state index contributed by atoms with van der Waals surface area (Å²) < 4.78 is 38.5. The zero-order chi connectivity index (χ0) is 21.7. The van der Waals surface area contributed by atoms with Crippen LogP contribution in [0.3, 0.4) is 0 Å². The topological polar surface area (TPSA) is 32.3 Å². The number of nitrogens with zero attached hydrogens (tertiary/aromatic N) is 1. The van der Waals surface area contributed by atoms with Crippen LogP contribution in [-0.4, -0.2) is 29.9 Å². The number of benzene rings is 2. The average Bonchev–Trinajstić information content (AvgIpc) is 2.69. The molecular formula is C24H29F3N2O. The third-order valence-electron chi connectivity index (χ3n) is 5.71. The van der Waals surface area contributed by atoms with E-state index in [4.69, 9.17) is 0 Å². The third kappa shape index (κ3) is 6.08. The molecule has 0 saturated carbocycles. The smallest absolute Gasteiger partial charge is 0.353 e. The van der Waals surface area contributed by atoms with Gasteiger partial charge in [-0.25, -0.2) is 0 Å². The molecule has 6 heteroatoms. The zero-order valence-electron chi connectivity index (χ0n) is 17.5. The molecule has 1 fully saturated rings. The number of halogens is 3. The predicted molar refractivity (Wildman–Crippen MR) is 112 cm³/mol. The lowest BCUT2D eigenvalue weighted by atomic mass is 9.97. The highest BCUT2D eigenvalue weighted by atomic mass is 19.4. The molecule has 1 amide bonds. The van der Waals surface area contributed by atoms with Gasteiger partial charge in [0.1, 0.15) is 0 Å². The molecule has 0 unspecified atom stereocenters. The highest BCUT2D eigenvalue weighted by Crippen LogP contribution is 2.29. The Balaban J connectivity index is 1.44. The fraction of sp³-hybridized carbons (Fsp3) is 0.458. The van der Waals surface area contributed by atoms with E-state index in [1.165, 1.54) is 17.7 Å². The van der Waals surface area contributed by atoms with Gasteiger partial charge in [-0.05, 0) is 48.9 Å². The van der Waals surface area contributed by atoms with Crippen molar-refractivity contribution in [1.29, 1.82) is 0 Å². The number of amides is 1. The van der Waals surface area contributed by atoms with E-state index >= 15 is 0 Å². The summed E-state index contributed by atoms with van der Waals surface area (Å²) in [5, 5.41) is 3.03. The minimum absolute atomic E-state index is 0.0748. The average molecular weight is 419 g/mol. The summed E-state index contributed by atoms with van der Waals surface area (Å²) in [6, 6.07) is 14.0. The van der Waals surface area contributed by atoms with Crippen molar-refractivity contribution >= 4 is 5.91 Å². The van der Waals surface area contributed by atoms with Crippen molar-refractivity contribution in [3.63, 3.8) is 0 Å². The number of carbonyl (C=O) groups is 1. The fourth-order valence-electron chi connectivity index (χ4n) is 3.59. The molecule has 1 heterocycles. The Morgan fingerprint density at radius 2 is 1.70 bits per heavy atom. The molecule has 30 heavy (non-hydrogen) atoms. The van der Waals surface area contributed by atoms with Crippen molar-refractivity contribution < 1.29 is 18.0 Å². The monoisotopic (exact) mass is 418 g/mol. The molecule has 2 aromatic rings. The Morgan fingerprint density at radius 1 is 1.07 bits per heavy atom.